The van der Waals surface area contributed by atoms with Crippen LogP contribution in [0.4, 0.5) is 36.1 Å². The number of benzene rings is 1. The van der Waals surface area contributed by atoms with Crippen molar-refractivity contribution < 1.29 is 17.9 Å². The van der Waals surface area contributed by atoms with Gasteiger partial charge in [0.25, 0.3) is 0 Å². The van der Waals surface area contributed by atoms with E-state index >= 15 is 0 Å². The van der Waals surface area contributed by atoms with Gasteiger partial charge in [-0.15, -0.1) is 0 Å². The Morgan fingerprint density at radius 1 is 1.06 bits per heavy atom. The van der Waals surface area contributed by atoms with Crippen LogP contribution < -0.4 is 15.4 Å². The summed E-state index contributed by atoms with van der Waals surface area (Å²) in [5.41, 5.74) is 2.68. The third-order valence-electron chi connectivity index (χ3n) is 4.24. The number of aromatic nitrogens is 3. The van der Waals surface area contributed by atoms with Gasteiger partial charge in [0.15, 0.2) is 6.61 Å². The molecule has 4 rings (SSSR count). The quantitative estimate of drug-likeness (QED) is 0.332. The Bertz CT molecular complexity index is 1300. The SMILES string of the molecule is N#Cc1cc(Nc2ccc(OCC(F)(F)F)nc2)cc(Nc2cc(Cl)c3cc[nH]c3c2)n1. The van der Waals surface area contributed by atoms with Gasteiger partial charge < -0.3 is 20.4 Å². The largest absolute Gasteiger partial charge is 0.468 e. The van der Waals surface area contributed by atoms with E-state index in [1.807, 2.05) is 18.2 Å². The number of alkyl halides is 3. The first kappa shape index (κ1) is 21.3. The number of nitrogens with one attached hydrogen (secondary N) is 3. The van der Waals surface area contributed by atoms with Crippen LogP contribution >= 0.6 is 11.6 Å². The zero-order chi connectivity index (χ0) is 22.7. The maximum Gasteiger partial charge on any atom is 0.422 e. The summed E-state index contributed by atoms with van der Waals surface area (Å²) in [6, 6.07) is 13.5. The molecule has 0 unspecified atom stereocenters. The second kappa shape index (κ2) is 8.64. The van der Waals surface area contributed by atoms with Crippen molar-refractivity contribution in [3.63, 3.8) is 0 Å². The lowest BCUT2D eigenvalue weighted by Gasteiger charge is -2.12. The molecule has 32 heavy (non-hydrogen) atoms. The van der Waals surface area contributed by atoms with E-state index < -0.39 is 12.8 Å². The van der Waals surface area contributed by atoms with Crippen molar-refractivity contribution in [2.24, 2.45) is 0 Å². The van der Waals surface area contributed by atoms with Gasteiger partial charge in [0, 0.05) is 40.6 Å². The summed E-state index contributed by atoms with van der Waals surface area (Å²) in [5.74, 6) is 0.242. The van der Waals surface area contributed by atoms with Gasteiger partial charge in [-0.25, -0.2) is 9.97 Å². The summed E-state index contributed by atoms with van der Waals surface area (Å²) in [6.45, 7) is -1.42. The highest BCUT2D eigenvalue weighted by Crippen LogP contribution is 2.29. The fourth-order valence-electron chi connectivity index (χ4n) is 2.93. The molecule has 11 heteroatoms. The highest BCUT2D eigenvalue weighted by molar-refractivity contribution is 6.35. The number of fused-ring (bicyclic) bond motifs is 1. The number of ether oxygens (including phenoxy) is 1. The van der Waals surface area contributed by atoms with Crippen LogP contribution in [0.3, 0.4) is 0 Å². The van der Waals surface area contributed by atoms with Crippen molar-refractivity contribution in [3.05, 3.63) is 65.6 Å². The first-order valence-corrected chi connectivity index (χ1v) is 9.55. The minimum Gasteiger partial charge on any atom is -0.468 e. The Balaban J connectivity index is 1.52. The molecule has 0 saturated carbocycles. The Kier molecular flexibility index (Phi) is 5.75. The van der Waals surface area contributed by atoms with Gasteiger partial charge in [0.1, 0.15) is 17.6 Å². The molecule has 162 valence electrons. The van der Waals surface area contributed by atoms with Crippen molar-refractivity contribution in [2.75, 3.05) is 17.2 Å². The number of halogens is 4. The molecule has 1 aromatic carbocycles. The van der Waals surface area contributed by atoms with Crippen molar-refractivity contribution in [1.29, 1.82) is 5.26 Å². The van der Waals surface area contributed by atoms with Gasteiger partial charge in [-0.1, -0.05) is 11.6 Å². The first-order chi connectivity index (χ1) is 15.3. The average molecular weight is 459 g/mol. The predicted octanol–water partition coefficient (Wildman–Crippen LogP) is 5.91. The number of hydrogen-bond acceptors (Lipinski definition) is 6. The molecule has 0 spiro atoms. The maximum atomic E-state index is 12.2. The number of H-pyrrole nitrogens is 1. The summed E-state index contributed by atoms with van der Waals surface area (Å²) < 4.78 is 41.3. The molecular weight excluding hydrogens is 445 g/mol. The smallest absolute Gasteiger partial charge is 0.422 e. The van der Waals surface area contributed by atoms with E-state index in [1.54, 1.807) is 18.3 Å². The van der Waals surface area contributed by atoms with Crippen molar-refractivity contribution in [1.82, 2.24) is 15.0 Å². The fourth-order valence-corrected chi connectivity index (χ4v) is 3.21. The van der Waals surface area contributed by atoms with Crippen LogP contribution in [0.5, 0.6) is 5.88 Å². The summed E-state index contributed by atoms with van der Waals surface area (Å²) in [6.07, 6.45) is -1.34. The Labute approximate surface area is 184 Å². The summed E-state index contributed by atoms with van der Waals surface area (Å²) >= 11 is 6.30. The van der Waals surface area contributed by atoms with Gasteiger partial charge in [0.2, 0.25) is 5.88 Å². The van der Waals surface area contributed by atoms with Crippen LogP contribution in [0.2, 0.25) is 5.02 Å². The number of hydrogen-bond donors (Lipinski definition) is 3. The Morgan fingerprint density at radius 3 is 2.59 bits per heavy atom. The third kappa shape index (κ3) is 5.19. The lowest BCUT2D eigenvalue weighted by Crippen LogP contribution is -2.19. The molecule has 3 N–H and O–H groups in total. The molecule has 7 nitrogen and oxygen atoms in total. The highest BCUT2D eigenvalue weighted by Gasteiger charge is 2.28. The van der Waals surface area contributed by atoms with Crippen molar-refractivity contribution in [2.45, 2.75) is 6.18 Å². The van der Waals surface area contributed by atoms with E-state index in [9.17, 15) is 18.4 Å². The van der Waals surface area contributed by atoms with Crippen LogP contribution in [0.25, 0.3) is 10.9 Å². The lowest BCUT2D eigenvalue weighted by atomic mass is 10.2. The second-order valence-corrected chi connectivity index (χ2v) is 7.08. The molecule has 4 aromatic rings. The number of aromatic amines is 1. The van der Waals surface area contributed by atoms with E-state index in [2.05, 4.69) is 30.3 Å². The van der Waals surface area contributed by atoms with E-state index in [4.69, 9.17) is 11.6 Å². The standard InChI is InChI=1S/C21H14ClF3N6O/c22-17-6-14(7-18-16(17)3-4-27-18)30-19-8-13(5-15(9-26)31-19)29-12-1-2-20(28-10-12)32-11-21(23,24)25/h1-8,10,27H,11H2,(H2,29,30,31). The molecule has 0 bridgehead atoms. The predicted molar refractivity (Wildman–Crippen MR) is 115 cm³/mol. The molecule has 3 heterocycles. The van der Waals surface area contributed by atoms with Crippen LogP contribution in [-0.4, -0.2) is 27.7 Å². The van der Waals surface area contributed by atoms with Crippen LogP contribution in [0.15, 0.2) is 54.9 Å². The average Bonchev–Trinajstić information content (AvgIpc) is 3.22. The molecule has 0 fully saturated rings. The molecule has 0 amide bonds. The summed E-state index contributed by atoms with van der Waals surface area (Å²) in [7, 11) is 0. The molecule has 0 radical (unpaired) electrons. The number of nitriles is 1. The molecule has 0 aliphatic rings. The zero-order valence-electron chi connectivity index (χ0n) is 16.2. The number of pyridine rings is 2. The molecular formula is C21H14ClF3N6O. The minimum atomic E-state index is -4.44. The molecule has 0 aliphatic heterocycles. The minimum absolute atomic E-state index is 0.153. The monoisotopic (exact) mass is 458 g/mol. The van der Waals surface area contributed by atoms with Gasteiger partial charge in [-0.3, -0.25) is 0 Å². The molecule has 0 atom stereocenters. The van der Waals surface area contributed by atoms with Gasteiger partial charge in [-0.2, -0.15) is 18.4 Å². The Hall–Kier alpha value is -3.97. The number of anilines is 4. The topological polar surface area (TPSA) is 98.6 Å². The summed E-state index contributed by atoms with van der Waals surface area (Å²) in [4.78, 5) is 11.2. The fraction of sp³-hybridized carbons (Fsp3) is 0.0952. The van der Waals surface area contributed by atoms with Crippen LogP contribution in [0.1, 0.15) is 5.69 Å². The second-order valence-electron chi connectivity index (χ2n) is 6.67. The van der Waals surface area contributed by atoms with Gasteiger partial charge >= 0.3 is 6.18 Å². The van der Waals surface area contributed by atoms with E-state index in [0.717, 1.165) is 10.9 Å². The van der Waals surface area contributed by atoms with Crippen molar-refractivity contribution in [3.8, 4) is 11.9 Å². The number of rotatable bonds is 6. The van der Waals surface area contributed by atoms with Gasteiger partial charge in [0.05, 0.1) is 16.9 Å². The maximum absolute atomic E-state index is 12.2. The first-order valence-electron chi connectivity index (χ1n) is 9.17. The van der Waals surface area contributed by atoms with Crippen LogP contribution in [0, 0.1) is 11.3 Å². The third-order valence-corrected chi connectivity index (χ3v) is 4.55. The molecule has 0 aliphatic carbocycles. The van der Waals surface area contributed by atoms with E-state index in [1.165, 1.54) is 24.4 Å². The highest BCUT2D eigenvalue weighted by atomic mass is 35.5. The van der Waals surface area contributed by atoms with E-state index in [-0.39, 0.29) is 11.6 Å². The molecule has 3 aromatic heterocycles. The lowest BCUT2D eigenvalue weighted by molar-refractivity contribution is -0.154. The number of nitrogens with zero attached hydrogens (tertiary/aromatic N) is 3. The van der Waals surface area contributed by atoms with Gasteiger partial charge in [-0.05, 0) is 30.3 Å². The van der Waals surface area contributed by atoms with E-state index in [0.29, 0.717) is 27.9 Å². The summed E-state index contributed by atoms with van der Waals surface area (Å²) in [5, 5.41) is 16.9. The van der Waals surface area contributed by atoms with Crippen molar-refractivity contribution >= 4 is 45.4 Å². The Morgan fingerprint density at radius 2 is 1.88 bits per heavy atom. The molecule has 0 saturated heterocycles. The normalized spacial score (nSPS) is 11.2. The zero-order valence-corrected chi connectivity index (χ0v) is 16.9. The van der Waals surface area contributed by atoms with Crippen LogP contribution in [-0.2, 0) is 0 Å².